The summed E-state index contributed by atoms with van der Waals surface area (Å²) < 4.78 is 5.69. The first-order valence-corrected chi connectivity index (χ1v) is 5.19. The Bertz CT molecular complexity index is 460. The summed E-state index contributed by atoms with van der Waals surface area (Å²) in [6.07, 6.45) is 2.01. The SMILES string of the molecule is c1cc2cn[nH]c2cc1C1CNCCO1. The van der Waals surface area contributed by atoms with Gasteiger partial charge in [0.15, 0.2) is 0 Å². The average Bonchev–Trinajstić information content (AvgIpc) is 2.77. The molecule has 4 heteroatoms. The molecule has 78 valence electrons. The maximum atomic E-state index is 5.69. The van der Waals surface area contributed by atoms with Gasteiger partial charge in [0.2, 0.25) is 0 Å². The van der Waals surface area contributed by atoms with Gasteiger partial charge in [0.05, 0.1) is 24.4 Å². The molecule has 15 heavy (non-hydrogen) atoms. The van der Waals surface area contributed by atoms with Crippen LogP contribution in [0, 0.1) is 0 Å². The topological polar surface area (TPSA) is 49.9 Å². The molecule has 2 N–H and O–H groups in total. The Hall–Kier alpha value is -1.39. The van der Waals surface area contributed by atoms with Crippen LogP contribution < -0.4 is 5.32 Å². The Morgan fingerprint density at radius 1 is 1.40 bits per heavy atom. The third-order valence-electron chi connectivity index (χ3n) is 2.77. The molecule has 0 bridgehead atoms. The summed E-state index contributed by atoms with van der Waals surface area (Å²) in [5.41, 5.74) is 2.28. The smallest absolute Gasteiger partial charge is 0.0950 e. The third kappa shape index (κ3) is 1.62. The fourth-order valence-corrected chi connectivity index (χ4v) is 1.93. The highest BCUT2D eigenvalue weighted by Crippen LogP contribution is 2.22. The molecule has 0 amide bonds. The molecule has 1 aliphatic heterocycles. The van der Waals surface area contributed by atoms with Crippen LogP contribution in [0.3, 0.4) is 0 Å². The van der Waals surface area contributed by atoms with Crippen molar-refractivity contribution in [3.8, 4) is 0 Å². The van der Waals surface area contributed by atoms with Crippen LogP contribution in [-0.2, 0) is 4.74 Å². The Balaban J connectivity index is 1.95. The van der Waals surface area contributed by atoms with Gasteiger partial charge in [-0.15, -0.1) is 0 Å². The van der Waals surface area contributed by atoms with Crippen molar-refractivity contribution in [1.82, 2.24) is 15.5 Å². The Morgan fingerprint density at radius 3 is 3.27 bits per heavy atom. The number of aromatic amines is 1. The Labute approximate surface area is 87.6 Å². The molecule has 4 nitrogen and oxygen atoms in total. The number of H-pyrrole nitrogens is 1. The number of nitrogens with zero attached hydrogens (tertiary/aromatic N) is 1. The Kier molecular flexibility index (Phi) is 2.16. The Morgan fingerprint density at radius 2 is 2.40 bits per heavy atom. The predicted octanol–water partition coefficient (Wildman–Crippen LogP) is 1.22. The first kappa shape index (κ1) is 8.88. The monoisotopic (exact) mass is 203 g/mol. The molecule has 1 aromatic heterocycles. The number of hydrogen-bond donors (Lipinski definition) is 2. The second kappa shape index (κ2) is 3.64. The van der Waals surface area contributed by atoms with Crippen molar-refractivity contribution in [3.05, 3.63) is 30.0 Å². The molecular weight excluding hydrogens is 190 g/mol. The molecule has 1 unspecified atom stereocenters. The van der Waals surface area contributed by atoms with E-state index in [0.717, 1.165) is 30.6 Å². The number of benzene rings is 1. The van der Waals surface area contributed by atoms with Crippen molar-refractivity contribution >= 4 is 10.9 Å². The third-order valence-corrected chi connectivity index (χ3v) is 2.77. The molecule has 1 atom stereocenters. The van der Waals surface area contributed by atoms with Gasteiger partial charge in [0.25, 0.3) is 0 Å². The highest BCUT2D eigenvalue weighted by atomic mass is 16.5. The van der Waals surface area contributed by atoms with Crippen LogP contribution in [0.5, 0.6) is 0 Å². The second-order valence-electron chi connectivity index (χ2n) is 3.78. The second-order valence-corrected chi connectivity index (χ2v) is 3.78. The first-order chi connectivity index (χ1) is 7.43. The molecule has 1 fully saturated rings. The molecule has 2 heterocycles. The fourth-order valence-electron chi connectivity index (χ4n) is 1.93. The zero-order valence-corrected chi connectivity index (χ0v) is 8.36. The van der Waals surface area contributed by atoms with Crippen molar-refractivity contribution in [2.75, 3.05) is 19.7 Å². The highest BCUT2D eigenvalue weighted by Gasteiger charge is 2.15. The maximum absolute atomic E-state index is 5.69. The first-order valence-electron chi connectivity index (χ1n) is 5.19. The largest absolute Gasteiger partial charge is 0.371 e. The van der Waals surface area contributed by atoms with Gasteiger partial charge in [-0.2, -0.15) is 5.10 Å². The number of aromatic nitrogens is 2. The van der Waals surface area contributed by atoms with Crippen molar-refractivity contribution in [2.45, 2.75) is 6.10 Å². The molecule has 0 saturated carbocycles. The van der Waals surface area contributed by atoms with E-state index < -0.39 is 0 Å². The summed E-state index contributed by atoms with van der Waals surface area (Å²) in [5, 5.41) is 11.4. The molecule has 3 rings (SSSR count). The summed E-state index contributed by atoms with van der Waals surface area (Å²) in [4.78, 5) is 0. The standard InChI is InChI=1S/C11H13N3O/c1-2-9-6-13-14-10(9)5-8(1)11-7-12-3-4-15-11/h1-2,5-6,11-12H,3-4,7H2,(H,13,14). The predicted molar refractivity (Wildman–Crippen MR) is 57.7 cm³/mol. The minimum Gasteiger partial charge on any atom is -0.371 e. The minimum atomic E-state index is 0.173. The molecule has 0 aliphatic carbocycles. The molecular formula is C11H13N3O. The van der Waals surface area contributed by atoms with Gasteiger partial charge in [-0.25, -0.2) is 0 Å². The van der Waals surface area contributed by atoms with E-state index in [1.807, 2.05) is 6.20 Å². The van der Waals surface area contributed by atoms with Crippen LogP contribution in [0.25, 0.3) is 10.9 Å². The van der Waals surface area contributed by atoms with Gasteiger partial charge in [0, 0.05) is 18.5 Å². The lowest BCUT2D eigenvalue weighted by Crippen LogP contribution is -2.33. The van der Waals surface area contributed by atoms with Crippen LogP contribution >= 0.6 is 0 Å². The lowest BCUT2D eigenvalue weighted by molar-refractivity contribution is 0.0278. The molecule has 1 aliphatic rings. The average molecular weight is 203 g/mol. The summed E-state index contributed by atoms with van der Waals surface area (Å²) >= 11 is 0. The van der Waals surface area contributed by atoms with E-state index in [-0.39, 0.29) is 6.10 Å². The van der Waals surface area contributed by atoms with Gasteiger partial charge in [-0.1, -0.05) is 12.1 Å². The van der Waals surface area contributed by atoms with Gasteiger partial charge >= 0.3 is 0 Å². The summed E-state index contributed by atoms with van der Waals surface area (Å²) in [6.45, 7) is 2.62. The molecule has 1 aromatic carbocycles. The van der Waals surface area contributed by atoms with Crippen LogP contribution in [0.15, 0.2) is 24.4 Å². The number of morpholine rings is 1. The van der Waals surface area contributed by atoms with E-state index in [0.29, 0.717) is 0 Å². The van der Waals surface area contributed by atoms with Crippen molar-refractivity contribution < 1.29 is 4.74 Å². The zero-order valence-electron chi connectivity index (χ0n) is 8.36. The van der Waals surface area contributed by atoms with Crippen LogP contribution in [0.1, 0.15) is 11.7 Å². The quantitative estimate of drug-likeness (QED) is 0.732. The highest BCUT2D eigenvalue weighted by molar-refractivity contribution is 5.78. The number of rotatable bonds is 1. The molecule has 0 radical (unpaired) electrons. The van der Waals surface area contributed by atoms with Crippen molar-refractivity contribution in [2.24, 2.45) is 0 Å². The van der Waals surface area contributed by atoms with Gasteiger partial charge in [-0.3, -0.25) is 5.10 Å². The number of hydrogen-bond acceptors (Lipinski definition) is 3. The van der Waals surface area contributed by atoms with Crippen molar-refractivity contribution in [1.29, 1.82) is 0 Å². The maximum Gasteiger partial charge on any atom is 0.0950 e. The van der Waals surface area contributed by atoms with Gasteiger partial charge < -0.3 is 10.1 Å². The number of nitrogens with one attached hydrogen (secondary N) is 2. The molecule has 0 spiro atoms. The molecule has 2 aromatic rings. The van der Waals surface area contributed by atoms with E-state index in [9.17, 15) is 0 Å². The van der Waals surface area contributed by atoms with Crippen LogP contribution in [0.4, 0.5) is 0 Å². The normalized spacial score (nSPS) is 22.0. The molecule has 1 saturated heterocycles. The summed E-state index contributed by atoms with van der Waals surface area (Å²) in [5.74, 6) is 0. The lowest BCUT2D eigenvalue weighted by Gasteiger charge is -2.23. The van der Waals surface area contributed by atoms with Crippen LogP contribution in [0.2, 0.25) is 0 Å². The van der Waals surface area contributed by atoms with E-state index in [1.165, 1.54) is 5.56 Å². The van der Waals surface area contributed by atoms with E-state index in [4.69, 9.17) is 4.74 Å². The number of ether oxygens (including phenoxy) is 1. The van der Waals surface area contributed by atoms with Gasteiger partial charge in [0.1, 0.15) is 0 Å². The van der Waals surface area contributed by atoms with Crippen LogP contribution in [-0.4, -0.2) is 29.9 Å². The fraction of sp³-hybridized carbons (Fsp3) is 0.364. The lowest BCUT2D eigenvalue weighted by atomic mass is 10.1. The van der Waals surface area contributed by atoms with E-state index >= 15 is 0 Å². The van der Waals surface area contributed by atoms with Gasteiger partial charge in [-0.05, 0) is 11.6 Å². The van der Waals surface area contributed by atoms with E-state index in [1.54, 1.807) is 0 Å². The van der Waals surface area contributed by atoms with E-state index in [2.05, 4.69) is 33.7 Å². The minimum absolute atomic E-state index is 0.173. The van der Waals surface area contributed by atoms with Crippen molar-refractivity contribution in [3.63, 3.8) is 0 Å². The summed E-state index contributed by atoms with van der Waals surface area (Å²) in [7, 11) is 0. The zero-order chi connectivity index (χ0) is 10.1. The summed E-state index contributed by atoms with van der Waals surface area (Å²) in [6, 6.07) is 6.29. The number of fused-ring (bicyclic) bond motifs is 1.